The summed E-state index contributed by atoms with van der Waals surface area (Å²) in [6.07, 6.45) is 1.85. The SMILES string of the molecule is Cc1c(O)[nH]c(=O)n1-c1ccc2[nH]ccc2c1. The van der Waals surface area contributed by atoms with Crippen molar-refractivity contribution in [3.05, 3.63) is 46.6 Å². The second-order valence-electron chi connectivity index (χ2n) is 3.95. The summed E-state index contributed by atoms with van der Waals surface area (Å²) in [4.78, 5) is 17.1. The van der Waals surface area contributed by atoms with Crippen LogP contribution >= 0.6 is 0 Å². The average Bonchev–Trinajstić information content (AvgIpc) is 2.84. The molecule has 0 atom stereocenters. The van der Waals surface area contributed by atoms with Gasteiger partial charge in [-0.2, -0.15) is 0 Å². The van der Waals surface area contributed by atoms with Gasteiger partial charge in [-0.1, -0.05) is 0 Å². The van der Waals surface area contributed by atoms with Crippen LogP contribution in [0.25, 0.3) is 16.6 Å². The minimum atomic E-state index is -0.338. The van der Waals surface area contributed by atoms with Gasteiger partial charge in [-0.05, 0) is 31.2 Å². The maximum absolute atomic E-state index is 11.7. The van der Waals surface area contributed by atoms with E-state index < -0.39 is 0 Å². The highest BCUT2D eigenvalue weighted by molar-refractivity contribution is 5.81. The van der Waals surface area contributed by atoms with Gasteiger partial charge in [0.2, 0.25) is 5.88 Å². The first-order valence-corrected chi connectivity index (χ1v) is 5.25. The predicted octanol–water partition coefficient (Wildman–Crippen LogP) is 1.66. The van der Waals surface area contributed by atoms with Crippen molar-refractivity contribution >= 4 is 10.9 Å². The summed E-state index contributed by atoms with van der Waals surface area (Å²) in [6.45, 7) is 1.69. The maximum Gasteiger partial charge on any atom is 0.333 e. The largest absolute Gasteiger partial charge is 0.493 e. The molecule has 5 nitrogen and oxygen atoms in total. The average molecular weight is 229 g/mol. The molecule has 0 bridgehead atoms. The minimum absolute atomic E-state index is 0.0934. The van der Waals surface area contributed by atoms with E-state index in [0.717, 1.165) is 16.6 Å². The number of hydrogen-bond acceptors (Lipinski definition) is 2. The van der Waals surface area contributed by atoms with E-state index in [9.17, 15) is 9.90 Å². The number of aromatic hydroxyl groups is 1. The lowest BCUT2D eigenvalue weighted by Gasteiger charge is -2.03. The molecule has 0 unspecified atom stereocenters. The Morgan fingerprint density at radius 2 is 2.12 bits per heavy atom. The molecular weight excluding hydrogens is 218 g/mol. The Balaban J connectivity index is 2.30. The molecule has 17 heavy (non-hydrogen) atoms. The highest BCUT2D eigenvalue weighted by Crippen LogP contribution is 2.19. The van der Waals surface area contributed by atoms with Gasteiger partial charge in [-0.3, -0.25) is 9.55 Å². The van der Waals surface area contributed by atoms with Crippen molar-refractivity contribution in [2.45, 2.75) is 6.92 Å². The van der Waals surface area contributed by atoms with Crippen molar-refractivity contribution < 1.29 is 5.11 Å². The molecule has 0 radical (unpaired) electrons. The van der Waals surface area contributed by atoms with Crippen molar-refractivity contribution in [1.29, 1.82) is 0 Å². The molecule has 3 rings (SSSR count). The third kappa shape index (κ3) is 1.36. The van der Waals surface area contributed by atoms with E-state index in [2.05, 4.69) is 9.97 Å². The summed E-state index contributed by atoms with van der Waals surface area (Å²) < 4.78 is 1.45. The van der Waals surface area contributed by atoms with E-state index in [1.165, 1.54) is 4.57 Å². The summed E-state index contributed by atoms with van der Waals surface area (Å²) in [6, 6.07) is 7.57. The monoisotopic (exact) mass is 229 g/mol. The lowest BCUT2D eigenvalue weighted by Crippen LogP contribution is -2.15. The molecule has 5 heteroatoms. The smallest absolute Gasteiger partial charge is 0.333 e. The zero-order valence-electron chi connectivity index (χ0n) is 9.19. The normalized spacial score (nSPS) is 11.1. The summed E-state index contributed by atoms with van der Waals surface area (Å²) in [5.74, 6) is -0.0934. The van der Waals surface area contributed by atoms with Crippen LogP contribution in [0.15, 0.2) is 35.3 Å². The fourth-order valence-electron chi connectivity index (χ4n) is 2.00. The number of rotatable bonds is 1. The Kier molecular flexibility index (Phi) is 1.89. The minimum Gasteiger partial charge on any atom is -0.493 e. The van der Waals surface area contributed by atoms with Gasteiger partial charge in [-0.25, -0.2) is 4.79 Å². The molecule has 2 heterocycles. The van der Waals surface area contributed by atoms with Crippen molar-refractivity contribution in [3.63, 3.8) is 0 Å². The van der Waals surface area contributed by atoms with Gasteiger partial charge >= 0.3 is 5.69 Å². The van der Waals surface area contributed by atoms with Crippen LogP contribution in [0.3, 0.4) is 0 Å². The van der Waals surface area contributed by atoms with E-state index in [1.807, 2.05) is 30.5 Å². The van der Waals surface area contributed by atoms with Gasteiger partial charge in [0.15, 0.2) is 0 Å². The standard InChI is InChI=1S/C12H11N3O2/c1-7-11(16)14-12(17)15(7)9-2-3-10-8(6-9)4-5-13-10/h2-6,13,16H,1H3,(H,14,17). The first-order valence-electron chi connectivity index (χ1n) is 5.25. The van der Waals surface area contributed by atoms with Gasteiger partial charge in [0.05, 0.1) is 11.4 Å². The Hall–Kier alpha value is -2.43. The molecule has 3 N–H and O–H groups in total. The first-order chi connectivity index (χ1) is 8.16. The fraction of sp³-hybridized carbons (Fsp3) is 0.0833. The van der Waals surface area contributed by atoms with E-state index in [-0.39, 0.29) is 11.6 Å². The van der Waals surface area contributed by atoms with Crippen molar-refractivity contribution in [2.75, 3.05) is 0 Å². The Morgan fingerprint density at radius 1 is 1.29 bits per heavy atom. The van der Waals surface area contributed by atoms with Crippen LogP contribution in [0.2, 0.25) is 0 Å². The molecule has 0 amide bonds. The second kappa shape index (κ2) is 3.28. The van der Waals surface area contributed by atoms with Gasteiger partial charge in [-0.15, -0.1) is 0 Å². The first kappa shape index (κ1) is 9.77. The van der Waals surface area contributed by atoms with Crippen LogP contribution in [0.1, 0.15) is 5.69 Å². The number of imidazole rings is 1. The van der Waals surface area contributed by atoms with Crippen molar-refractivity contribution in [2.24, 2.45) is 0 Å². The Bertz CT molecular complexity index is 749. The summed E-state index contributed by atoms with van der Waals surface area (Å²) in [7, 11) is 0. The number of nitrogens with one attached hydrogen (secondary N) is 2. The zero-order chi connectivity index (χ0) is 12.0. The van der Waals surface area contributed by atoms with Crippen LogP contribution in [0.4, 0.5) is 0 Å². The number of aromatic nitrogens is 3. The van der Waals surface area contributed by atoms with Crippen LogP contribution in [0.5, 0.6) is 5.88 Å². The molecule has 0 saturated carbocycles. The molecule has 0 aliphatic rings. The van der Waals surface area contributed by atoms with Gasteiger partial charge < -0.3 is 10.1 Å². The Morgan fingerprint density at radius 3 is 2.82 bits per heavy atom. The number of nitrogens with zero attached hydrogens (tertiary/aromatic N) is 1. The molecule has 0 aliphatic heterocycles. The maximum atomic E-state index is 11.7. The number of fused-ring (bicyclic) bond motifs is 1. The van der Waals surface area contributed by atoms with Crippen LogP contribution in [0, 0.1) is 6.92 Å². The topological polar surface area (TPSA) is 73.8 Å². The van der Waals surface area contributed by atoms with Gasteiger partial charge in [0, 0.05) is 17.1 Å². The lowest BCUT2D eigenvalue weighted by atomic mass is 10.2. The molecule has 1 aromatic carbocycles. The van der Waals surface area contributed by atoms with Gasteiger partial charge in [0.1, 0.15) is 0 Å². The second-order valence-corrected chi connectivity index (χ2v) is 3.95. The zero-order valence-corrected chi connectivity index (χ0v) is 9.19. The number of hydrogen-bond donors (Lipinski definition) is 3. The summed E-state index contributed by atoms with van der Waals surface area (Å²) >= 11 is 0. The highest BCUT2D eigenvalue weighted by atomic mass is 16.3. The molecule has 2 aromatic heterocycles. The van der Waals surface area contributed by atoms with Crippen LogP contribution in [-0.2, 0) is 0 Å². The quantitative estimate of drug-likeness (QED) is 0.593. The fourth-order valence-corrected chi connectivity index (χ4v) is 2.00. The van der Waals surface area contributed by atoms with Crippen LogP contribution < -0.4 is 5.69 Å². The van der Waals surface area contributed by atoms with Crippen molar-refractivity contribution in [3.8, 4) is 11.6 Å². The predicted molar refractivity (Wildman–Crippen MR) is 64.6 cm³/mol. The van der Waals surface area contributed by atoms with E-state index in [4.69, 9.17) is 0 Å². The van der Waals surface area contributed by atoms with Crippen molar-refractivity contribution in [1.82, 2.24) is 14.5 Å². The Labute approximate surface area is 96.3 Å². The molecule has 86 valence electrons. The summed E-state index contributed by atoms with van der Waals surface area (Å²) in [5.41, 5.74) is 1.91. The number of aromatic amines is 2. The molecule has 0 fully saturated rings. The van der Waals surface area contributed by atoms with E-state index in [0.29, 0.717) is 5.69 Å². The third-order valence-electron chi connectivity index (χ3n) is 2.90. The van der Waals surface area contributed by atoms with E-state index in [1.54, 1.807) is 6.92 Å². The third-order valence-corrected chi connectivity index (χ3v) is 2.90. The van der Waals surface area contributed by atoms with Crippen LogP contribution in [-0.4, -0.2) is 19.6 Å². The molecule has 0 aliphatic carbocycles. The highest BCUT2D eigenvalue weighted by Gasteiger charge is 2.10. The molecular formula is C12H11N3O2. The number of benzene rings is 1. The van der Waals surface area contributed by atoms with E-state index >= 15 is 0 Å². The van der Waals surface area contributed by atoms with Gasteiger partial charge in [0.25, 0.3) is 0 Å². The number of H-pyrrole nitrogens is 2. The molecule has 0 saturated heterocycles. The molecule has 0 spiro atoms. The molecule has 3 aromatic rings. The summed E-state index contributed by atoms with van der Waals surface area (Å²) in [5, 5.41) is 10.5. The lowest BCUT2D eigenvalue weighted by molar-refractivity contribution is 0.451.